The van der Waals surface area contributed by atoms with Crippen molar-refractivity contribution in [2.24, 2.45) is 22.7 Å². The second-order valence-electron chi connectivity index (χ2n) is 12.6. The van der Waals surface area contributed by atoms with Crippen molar-refractivity contribution in [1.29, 1.82) is 0 Å². The van der Waals surface area contributed by atoms with Crippen molar-refractivity contribution in [3.05, 3.63) is 0 Å². The zero-order valence-corrected chi connectivity index (χ0v) is 24.1. The molecule has 0 aromatic carbocycles. The highest BCUT2D eigenvalue weighted by Crippen LogP contribution is 2.60. The molecule has 0 amide bonds. The van der Waals surface area contributed by atoms with Crippen molar-refractivity contribution in [3.63, 3.8) is 0 Å². The largest absolute Gasteiger partial charge is 0.490 e. The van der Waals surface area contributed by atoms with Gasteiger partial charge in [0.15, 0.2) is 0 Å². The van der Waals surface area contributed by atoms with Gasteiger partial charge in [0.25, 0.3) is 0 Å². The molecule has 0 aromatic heterocycles. The van der Waals surface area contributed by atoms with Gasteiger partial charge in [0.05, 0.1) is 10.8 Å². The topological polar surface area (TPSA) is 105 Å². The van der Waals surface area contributed by atoms with Crippen LogP contribution in [0.25, 0.3) is 0 Å². The van der Waals surface area contributed by atoms with Crippen LogP contribution in [0.15, 0.2) is 0 Å². The van der Waals surface area contributed by atoms with Gasteiger partial charge in [-0.2, -0.15) is 13.2 Å². The predicted octanol–water partition coefficient (Wildman–Crippen LogP) is 5.69. The van der Waals surface area contributed by atoms with Gasteiger partial charge >= 0.3 is 30.1 Å². The maximum Gasteiger partial charge on any atom is 0.490 e. The van der Waals surface area contributed by atoms with Crippen molar-refractivity contribution < 1.29 is 51.3 Å². The minimum absolute atomic E-state index is 0.102. The zero-order valence-electron chi connectivity index (χ0n) is 24.1. The van der Waals surface area contributed by atoms with Crippen LogP contribution >= 0.6 is 0 Å². The van der Waals surface area contributed by atoms with Crippen LogP contribution in [0.2, 0.25) is 0 Å². The Morgan fingerprint density at radius 2 is 1.13 bits per heavy atom. The van der Waals surface area contributed by atoms with Crippen molar-refractivity contribution in [2.45, 2.75) is 117 Å². The molecule has 4 fully saturated rings. The lowest BCUT2D eigenvalue weighted by Gasteiger charge is -2.60. The van der Waals surface area contributed by atoms with Crippen LogP contribution in [-0.4, -0.2) is 54.5 Å². The van der Waals surface area contributed by atoms with E-state index in [1.165, 1.54) is 13.3 Å². The molecule has 4 aliphatic carbocycles. The SMILES string of the molecule is CCC(C)(C)C(=O)OC12CC3CC(CC(OC(C)=O)(C3)C1)C2.CCC(C)(C)C(=O)OCCOC(=O)C(F)(F)F. The minimum atomic E-state index is -5.02. The molecule has 0 heterocycles. The van der Waals surface area contributed by atoms with E-state index in [0.717, 1.165) is 32.1 Å². The fourth-order valence-electron chi connectivity index (χ4n) is 5.81. The fraction of sp³-hybridized carbons (Fsp3) is 0.857. The third kappa shape index (κ3) is 8.58. The Bertz CT molecular complexity index is 910. The van der Waals surface area contributed by atoms with E-state index in [-0.39, 0.29) is 24.1 Å². The van der Waals surface area contributed by atoms with Crippen LogP contribution in [0, 0.1) is 22.7 Å². The molecule has 8 nitrogen and oxygen atoms in total. The van der Waals surface area contributed by atoms with Crippen molar-refractivity contribution in [3.8, 4) is 0 Å². The van der Waals surface area contributed by atoms with Crippen LogP contribution in [0.3, 0.4) is 0 Å². The number of rotatable bonds is 9. The Morgan fingerprint density at radius 1 is 0.718 bits per heavy atom. The maximum atomic E-state index is 12.6. The van der Waals surface area contributed by atoms with Crippen molar-refractivity contribution in [1.82, 2.24) is 0 Å². The van der Waals surface area contributed by atoms with E-state index in [1.54, 1.807) is 20.8 Å². The van der Waals surface area contributed by atoms with Crippen LogP contribution in [-0.2, 0) is 38.1 Å². The van der Waals surface area contributed by atoms with E-state index in [2.05, 4.69) is 9.47 Å². The smallest absolute Gasteiger partial charge is 0.462 e. The van der Waals surface area contributed by atoms with Crippen LogP contribution in [0.5, 0.6) is 0 Å². The van der Waals surface area contributed by atoms with Gasteiger partial charge in [-0.3, -0.25) is 14.4 Å². The van der Waals surface area contributed by atoms with Gasteiger partial charge in [-0.15, -0.1) is 0 Å². The molecular weight excluding hydrogens is 521 g/mol. The van der Waals surface area contributed by atoms with E-state index < -0.39 is 41.2 Å². The molecule has 4 saturated carbocycles. The number of hydrogen-bond acceptors (Lipinski definition) is 8. The van der Waals surface area contributed by atoms with Crippen LogP contribution in [0.4, 0.5) is 13.2 Å². The molecule has 0 aliphatic heterocycles. The maximum absolute atomic E-state index is 12.6. The Hall–Kier alpha value is -2.33. The van der Waals surface area contributed by atoms with Gasteiger partial charge in [0.1, 0.15) is 24.4 Å². The molecule has 0 spiro atoms. The quantitative estimate of drug-likeness (QED) is 0.200. The number of hydrogen-bond donors (Lipinski definition) is 0. The van der Waals surface area contributed by atoms with Gasteiger partial charge in [0.2, 0.25) is 0 Å². The standard InChI is InChI=1S/C18H28O4.C10H15F3O4/c1-5-16(3,4)15(20)22-18-9-13-6-14(10-18)8-17(7-13,11-18)21-12(2)19;1-4-9(2,3)7(14)16-5-6-17-8(15)10(11,12)13/h13-14H,5-11H2,1-4H3;4-6H2,1-3H3. The average molecular weight is 565 g/mol. The summed E-state index contributed by atoms with van der Waals surface area (Å²) in [5, 5.41) is 0. The first-order valence-electron chi connectivity index (χ1n) is 13.6. The molecule has 39 heavy (non-hydrogen) atoms. The summed E-state index contributed by atoms with van der Waals surface area (Å²) < 4.78 is 55.5. The molecule has 4 aliphatic rings. The van der Waals surface area contributed by atoms with E-state index in [9.17, 15) is 32.3 Å². The molecule has 2 unspecified atom stereocenters. The first kappa shape index (κ1) is 32.9. The number of halogens is 3. The minimum Gasteiger partial charge on any atom is -0.462 e. The summed E-state index contributed by atoms with van der Waals surface area (Å²) in [7, 11) is 0. The molecule has 0 radical (unpaired) electrons. The number of ether oxygens (including phenoxy) is 4. The number of alkyl halides is 3. The molecule has 11 heteroatoms. The number of esters is 4. The summed E-state index contributed by atoms with van der Waals surface area (Å²) in [6, 6.07) is 0. The molecule has 0 aromatic rings. The van der Waals surface area contributed by atoms with Crippen molar-refractivity contribution >= 4 is 23.9 Å². The van der Waals surface area contributed by atoms with E-state index in [0.29, 0.717) is 24.7 Å². The van der Waals surface area contributed by atoms with E-state index >= 15 is 0 Å². The van der Waals surface area contributed by atoms with Gasteiger partial charge < -0.3 is 18.9 Å². The normalized spacial score (nSPS) is 27.6. The van der Waals surface area contributed by atoms with Crippen LogP contribution < -0.4 is 0 Å². The summed E-state index contributed by atoms with van der Waals surface area (Å²) in [6.07, 6.45) is 1.94. The van der Waals surface area contributed by atoms with Gasteiger partial charge in [-0.05, 0) is 84.5 Å². The van der Waals surface area contributed by atoms with Gasteiger partial charge in [-0.25, -0.2) is 4.79 Å². The third-order valence-corrected chi connectivity index (χ3v) is 8.28. The van der Waals surface area contributed by atoms with E-state index in [1.807, 2.05) is 20.8 Å². The molecule has 0 saturated heterocycles. The first-order valence-corrected chi connectivity index (χ1v) is 13.6. The first-order chi connectivity index (χ1) is 17.8. The lowest BCUT2D eigenvalue weighted by molar-refractivity contribution is -0.234. The lowest BCUT2D eigenvalue weighted by atomic mass is 9.52. The Morgan fingerprint density at radius 3 is 1.54 bits per heavy atom. The van der Waals surface area contributed by atoms with Gasteiger partial charge in [0, 0.05) is 13.3 Å². The highest BCUT2D eigenvalue weighted by atomic mass is 19.4. The van der Waals surface area contributed by atoms with Gasteiger partial charge in [-0.1, -0.05) is 13.8 Å². The Balaban J connectivity index is 0.000000285. The summed E-state index contributed by atoms with van der Waals surface area (Å²) >= 11 is 0. The lowest BCUT2D eigenvalue weighted by Crippen LogP contribution is -2.62. The second-order valence-corrected chi connectivity index (χ2v) is 12.6. The summed E-state index contributed by atoms with van der Waals surface area (Å²) in [5.74, 6) is -2.09. The number of carbonyl (C=O) groups is 4. The molecular formula is C28H43F3O8. The highest BCUT2D eigenvalue weighted by molar-refractivity contribution is 5.77. The molecule has 4 rings (SSSR count). The predicted molar refractivity (Wildman–Crippen MR) is 134 cm³/mol. The van der Waals surface area contributed by atoms with Crippen molar-refractivity contribution in [2.75, 3.05) is 13.2 Å². The number of carbonyl (C=O) groups excluding carboxylic acids is 4. The highest BCUT2D eigenvalue weighted by Gasteiger charge is 2.61. The summed E-state index contributed by atoms with van der Waals surface area (Å²) in [5.41, 5.74) is -1.93. The average Bonchev–Trinajstić information content (AvgIpc) is 2.79. The third-order valence-electron chi connectivity index (χ3n) is 8.28. The molecule has 0 N–H and O–H groups in total. The molecule has 4 bridgehead atoms. The Kier molecular flexibility index (Phi) is 10.2. The zero-order chi connectivity index (χ0) is 29.9. The second kappa shape index (κ2) is 12.0. The van der Waals surface area contributed by atoms with Crippen LogP contribution in [0.1, 0.15) is 99.8 Å². The van der Waals surface area contributed by atoms with E-state index in [4.69, 9.17) is 9.47 Å². The fourth-order valence-corrected chi connectivity index (χ4v) is 5.81. The summed E-state index contributed by atoms with van der Waals surface area (Å²) in [6.45, 7) is 11.5. The summed E-state index contributed by atoms with van der Waals surface area (Å²) in [4.78, 5) is 45.7. The molecule has 2 atom stereocenters. The monoisotopic (exact) mass is 564 g/mol. The molecule has 224 valence electrons. The Labute approximate surface area is 228 Å².